The summed E-state index contributed by atoms with van der Waals surface area (Å²) in [7, 11) is 10.4. The molecule has 0 aliphatic carbocycles. The Hall–Kier alpha value is -6.35. The van der Waals surface area contributed by atoms with Crippen molar-refractivity contribution in [3.63, 3.8) is 0 Å². The summed E-state index contributed by atoms with van der Waals surface area (Å²) in [5.74, 6) is 0.628. The third-order valence-electron chi connectivity index (χ3n) is 9.88. The molecular formula is C43H46O15. The van der Waals surface area contributed by atoms with Crippen molar-refractivity contribution in [2.75, 3.05) is 49.8 Å². The second-order valence-corrected chi connectivity index (χ2v) is 13.3. The van der Waals surface area contributed by atoms with Crippen molar-refractivity contribution in [1.29, 1.82) is 0 Å². The van der Waals surface area contributed by atoms with Crippen molar-refractivity contribution in [1.82, 2.24) is 0 Å². The van der Waals surface area contributed by atoms with E-state index in [1.807, 2.05) is 12.1 Å². The monoisotopic (exact) mass is 802 g/mol. The van der Waals surface area contributed by atoms with E-state index in [2.05, 4.69) is 0 Å². The highest BCUT2D eigenvalue weighted by Gasteiger charge is 2.48. The Labute approximate surface area is 335 Å². The molecule has 4 aromatic rings. The van der Waals surface area contributed by atoms with Gasteiger partial charge in [-0.2, -0.15) is 0 Å². The Morgan fingerprint density at radius 3 is 1.16 bits per heavy atom. The number of hydrogen-bond donors (Lipinski definition) is 0. The lowest BCUT2D eigenvalue weighted by Crippen LogP contribution is -2.39. The smallest absolute Gasteiger partial charge is 0.303 e. The summed E-state index contributed by atoms with van der Waals surface area (Å²) in [6.45, 7) is 3.82. The number of ether oxygens (including phenoxy) is 12. The van der Waals surface area contributed by atoms with Crippen LogP contribution in [-0.2, 0) is 33.3 Å². The molecule has 6 atom stereocenters. The molecule has 0 radical (unpaired) electrons. The molecule has 0 spiro atoms. The largest absolute Gasteiger partial charge is 0.497 e. The first kappa shape index (κ1) is 41.3. The number of hydrogen-bond acceptors (Lipinski definition) is 15. The lowest BCUT2D eigenvalue weighted by molar-refractivity contribution is -0.178. The average molecular weight is 803 g/mol. The Balaban J connectivity index is 1.61. The van der Waals surface area contributed by atoms with Crippen molar-refractivity contribution in [3.05, 3.63) is 82.9 Å². The minimum Gasteiger partial charge on any atom is -0.497 e. The molecule has 0 saturated heterocycles. The third-order valence-corrected chi connectivity index (χ3v) is 9.88. The second-order valence-electron chi connectivity index (χ2n) is 13.3. The van der Waals surface area contributed by atoms with Gasteiger partial charge in [-0.15, -0.1) is 0 Å². The number of carbonyl (C=O) groups excluding carboxylic acids is 3. The van der Waals surface area contributed by atoms with Gasteiger partial charge < -0.3 is 56.8 Å². The highest BCUT2D eigenvalue weighted by molar-refractivity contribution is 5.86. The summed E-state index contributed by atoms with van der Waals surface area (Å²) in [6.07, 6.45) is -6.01. The van der Waals surface area contributed by atoms with Crippen molar-refractivity contribution < 1.29 is 71.2 Å². The van der Waals surface area contributed by atoms with Crippen molar-refractivity contribution in [3.8, 4) is 57.1 Å². The predicted octanol–water partition coefficient (Wildman–Crippen LogP) is 6.83. The van der Waals surface area contributed by atoms with Crippen molar-refractivity contribution in [2.45, 2.75) is 57.4 Å². The molecular weight excluding hydrogens is 756 g/mol. The molecule has 0 amide bonds. The van der Waals surface area contributed by atoms with Gasteiger partial charge in [-0.1, -0.05) is 24.3 Å². The fourth-order valence-electron chi connectivity index (χ4n) is 7.49. The van der Waals surface area contributed by atoms with Gasteiger partial charge >= 0.3 is 17.9 Å². The van der Waals surface area contributed by atoms with E-state index in [0.29, 0.717) is 44.9 Å². The van der Waals surface area contributed by atoms with Crippen LogP contribution >= 0.6 is 0 Å². The zero-order valence-electron chi connectivity index (χ0n) is 33.9. The van der Waals surface area contributed by atoms with Crippen LogP contribution < -0.4 is 37.9 Å². The lowest BCUT2D eigenvalue weighted by atomic mass is 9.86. The van der Waals surface area contributed by atoms with Crippen LogP contribution in [-0.4, -0.2) is 79.9 Å². The van der Waals surface area contributed by atoms with Crippen molar-refractivity contribution in [2.24, 2.45) is 0 Å². The molecule has 0 N–H and O–H groups in total. The molecule has 2 aliphatic heterocycles. The molecule has 6 rings (SSSR count). The number of methoxy groups -OCH3 is 7. The Kier molecular flexibility index (Phi) is 12.4. The summed E-state index contributed by atoms with van der Waals surface area (Å²) in [5, 5.41) is 0. The van der Waals surface area contributed by atoms with E-state index < -0.39 is 54.5 Å². The minimum atomic E-state index is -1.20. The minimum absolute atomic E-state index is 0.141. The summed E-state index contributed by atoms with van der Waals surface area (Å²) < 4.78 is 72.0. The normalized spacial score (nSPS) is 20.4. The molecule has 15 nitrogen and oxygen atoms in total. The Bertz CT molecular complexity index is 2150. The number of rotatable bonds is 13. The topological polar surface area (TPSA) is 162 Å². The van der Waals surface area contributed by atoms with Crippen molar-refractivity contribution >= 4 is 17.9 Å². The molecule has 6 unspecified atom stereocenters. The quantitative estimate of drug-likeness (QED) is 0.102. The third kappa shape index (κ3) is 7.69. The van der Waals surface area contributed by atoms with Crippen LogP contribution in [0.5, 0.6) is 46.0 Å². The predicted molar refractivity (Wildman–Crippen MR) is 206 cm³/mol. The van der Waals surface area contributed by atoms with Crippen LogP contribution in [0.1, 0.15) is 67.4 Å². The van der Waals surface area contributed by atoms with Crippen LogP contribution in [0, 0.1) is 0 Å². The van der Waals surface area contributed by atoms with Gasteiger partial charge in [-0.3, -0.25) is 14.4 Å². The molecule has 0 aromatic heterocycles. The average Bonchev–Trinajstić information content (AvgIpc) is 3.22. The van der Waals surface area contributed by atoms with Crippen LogP contribution in [0.15, 0.2) is 60.7 Å². The van der Waals surface area contributed by atoms with Gasteiger partial charge in [0.25, 0.3) is 0 Å². The van der Waals surface area contributed by atoms with E-state index in [4.69, 9.17) is 56.8 Å². The molecule has 2 aliphatic rings. The maximum absolute atomic E-state index is 12.8. The molecule has 0 bridgehead atoms. The maximum atomic E-state index is 12.8. The summed E-state index contributed by atoms with van der Waals surface area (Å²) in [6, 6.07) is 17.6. The zero-order valence-corrected chi connectivity index (χ0v) is 33.9. The molecule has 0 saturated carbocycles. The Morgan fingerprint density at radius 2 is 0.828 bits per heavy atom. The van der Waals surface area contributed by atoms with Gasteiger partial charge in [0.15, 0.2) is 53.5 Å². The first-order valence-electron chi connectivity index (χ1n) is 18.2. The van der Waals surface area contributed by atoms with E-state index in [1.54, 1.807) is 62.8 Å². The number of benzene rings is 4. The van der Waals surface area contributed by atoms with Gasteiger partial charge in [-0.05, 0) is 47.5 Å². The van der Waals surface area contributed by atoms with Gasteiger partial charge in [0.1, 0.15) is 17.6 Å². The van der Waals surface area contributed by atoms with Crippen LogP contribution in [0.2, 0.25) is 0 Å². The van der Waals surface area contributed by atoms with Gasteiger partial charge in [0, 0.05) is 50.1 Å². The van der Waals surface area contributed by atoms with Gasteiger partial charge in [0.05, 0.1) is 42.7 Å². The maximum Gasteiger partial charge on any atom is 0.303 e. The summed E-state index contributed by atoms with van der Waals surface area (Å²) in [4.78, 5) is 38.1. The summed E-state index contributed by atoms with van der Waals surface area (Å²) >= 11 is 0. The fourth-order valence-corrected chi connectivity index (χ4v) is 7.49. The molecule has 308 valence electrons. The van der Waals surface area contributed by atoms with E-state index in [-0.39, 0.29) is 34.5 Å². The second kappa shape index (κ2) is 17.4. The SMILES string of the molecule is COc1ccc(C2Oc3c(cc(-c4cc5c(c(OC)c4OC)OC(c4ccc(OC)cc4)C(OC(C)=O)C5OC(C)=O)c(OC)c3OC)C(OC)C2OC(C)=O)cc1. The molecule has 2 heterocycles. The zero-order chi connectivity index (χ0) is 41.8. The highest BCUT2D eigenvalue weighted by atomic mass is 16.6. The van der Waals surface area contributed by atoms with E-state index in [0.717, 1.165) is 0 Å². The first-order chi connectivity index (χ1) is 27.9. The molecule has 4 aromatic carbocycles. The molecule has 15 heteroatoms. The highest BCUT2D eigenvalue weighted by Crippen LogP contribution is 2.60. The summed E-state index contributed by atoms with van der Waals surface area (Å²) in [5.41, 5.74) is 2.80. The first-order valence-corrected chi connectivity index (χ1v) is 18.2. The van der Waals surface area contributed by atoms with Crippen LogP contribution in [0.25, 0.3) is 11.1 Å². The number of esters is 3. The van der Waals surface area contributed by atoms with Gasteiger partial charge in [-0.25, -0.2) is 0 Å². The fraction of sp³-hybridized carbons (Fsp3) is 0.372. The molecule has 0 fully saturated rings. The van der Waals surface area contributed by atoms with Crippen LogP contribution in [0.3, 0.4) is 0 Å². The van der Waals surface area contributed by atoms with E-state index in [9.17, 15) is 14.4 Å². The van der Waals surface area contributed by atoms with Gasteiger partial charge in [0.2, 0.25) is 11.5 Å². The number of fused-ring (bicyclic) bond motifs is 2. The lowest BCUT2D eigenvalue weighted by Gasteiger charge is -2.40. The Morgan fingerprint density at radius 1 is 0.466 bits per heavy atom. The van der Waals surface area contributed by atoms with E-state index in [1.165, 1.54) is 56.3 Å². The molecule has 58 heavy (non-hydrogen) atoms. The van der Waals surface area contributed by atoms with Crippen LogP contribution in [0.4, 0.5) is 0 Å². The standard InChI is InChI=1S/C43H46O15/c1-21(44)54-39-31-20-29(35(50-7)41(53-10)38(31)58-33(43(39)56-23(3)46)25-13-17-27(48-5)18-14-25)28-19-30-36(51-8)42(55-22(2)45)32(24-11-15-26(47-4)16-12-24)57-37(30)40(52-9)34(28)49-6/h11-20,32-33,36,39,42-43H,1-10H3. The number of carbonyl (C=O) groups is 3. The van der Waals surface area contributed by atoms with E-state index >= 15 is 0 Å².